The number of nitrogens with zero attached hydrogens (tertiary/aromatic N) is 3. The molecule has 0 saturated heterocycles. The van der Waals surface area contributed by atoms with E-state index in [-0.39, 0.29) is 11.6 Å². The maximum atomic E-state index is 12.5. The topological polar surface area (TPSA) is 113 Å². The highest BCUT2D eigenvalue weighted by molar-refractivity contribution is 5.95. The van der Waals surface area contributed by atoms with Gasteiger partial charge in [0.05, 0.1) is 5.60 Å². The van der Waals surface area contributed by atoms with Gasteiger partial charge in [-0.05, 0) is 37.6 Å². The number of aliphatic hydroxyl groups is 1. The lowest BCUT2D eigenvalue weighted by molar-refractivity contribution is 0.0782. The zero-order valence-electron chi connectivity index (χ0n) is 16.1. The SMILES string of the molecule is Cn1c(CCNC(=O)c2cccc(-c3cncc(C(C)(C)O)c3)c2)n[nH]c1=O. The van der Waals surface area contributed by atoms with Crippen molar-refractivity contribution in [1.82, 2.24) is 25.1 Å². The average molecular weight is 381 g/mol. The van der Waals surface area contributed by atoms with E-state index in [1.807, 2.05) is 12.1 Å². The molecule has 3 rings (SSSR count). The van der Waals surface area contributed by atoms with Gasteiger partial charge in [0.25, 0.3) is 5.91 Å². The molecule has 2 heterocycles. The average Bonchev–Trinajstić information content (AvgIpc) is 2.99. The number of H-pyrrole nitrogens is 1. The minimum atomic E-state index is -0.996. The Labute approximate surface area is 162 Å². The summed E-state index contributed by atoms with van der Waals surface area (Å²) >= 11 is 0. The summed E-state index contributed by atoms with van der Waals surface area (Å²) in [7, 11) is 1.63. The Hall–Kier alpha value is -3.26. The number of hydrogen-bond acceptors (Lipinski definition) is 5. The van der Waals surface area contributed by atoms with Gasteiger partial charge >= 0.3 is 5.69 Å². The Morgan fingerprint density at radius 3 is 2.71 bits per heavy atom. The smallest absolute Gasteiger partial charge is 0.343 e. The molecule has 0 spiro atoms. The van der Waals surface area contributed by atoms with E-state index >= 15 is 0 Å². The normalized spacial score (nSPS) is 11.4. The van der Waals surface area contributed by atoms with Gasteiger partial charge in [-0.25, -0.2) is 9.89 Å². The third kappa shape index (κ3) is 4.34. The van der Waals surface area contributed by atoms with Crippen LogP contribution >= 0.6 is 0 Å². The molecule has 0 fully saturated rings. The molecule has 2 aromatic heterocycles. The van der Waals surface area contributed by atoms with Crippen LogP contribution in [-0.2, 0) is 19.1 Å². The van der Waals surface area contributed by atoms with Gasteiger partial charge < -0.3 is 10.4 Å². The molecule has 146 valence electrons. The van der Waals surface area contributed by atoms with Gasteiger partial charge in [0.1, 0.15) is 5.82 Å². The van der Waals surface area contributed by atoms with E-state index in [9.17, 15) is 14.7 Å². The van der Waals surface area contributed by atoms with Crippen LogP contribution in [0.25, 0.3) is 11.1 Å². The van der Waals surface area contributed by atoms with Crippen molar-refractivity contribution in [3.63, 3.8) is 0 Å². The minimum absolute atomic E-state index is 0.214. The van der Waals surface area contributed by atoms with E-state index in [1.165, 1.54) is 4.57 Å². The number of aromatic amines is 1. The molecule has 0 bridgehead atoms. The van der Waals surface area contributed by atoms with E-state index in [0.717, 1.165) is 11.1 Å². The lowest BCUT2D eigenvalue weighted by atomic mass is 9.96. The van der Waals surface area contributed by atoms with E-state index in [1.54, 1.807) is 51.5 Å². The number of amides is 1. The van der Waals surface area contributed by atoms with Crippen molar-refractivity contribution in [1.29, 1.82) is 0 Å². The highest BCUT2D eigenvalue weighted by Gasteiger charge is 2.17. The van der Waals surface area contributed by atoms with Crippen molar-refractivity contribution in [2.45, 2.75) is 25.9 Å². The molecule has 1 amide bonds. The lowest BCUT2D eigenvalue weighted by Crippen LogP contribution is -2.27. The van der Waals surface area contributed by atoms with Gasteiger partial charge in [0, 0.05) is 49.1 Å². The van der Waals surface area contributed by atoms with Crippen LogP contribution < -0.4 is 11.0 Å². The second-order valence-corrected chi connectivity index (χ2v) is 7.11. The molecule has 0 aliphatic rings. The summed E-state index contributed by atoms with van der Waals surface area (Å²) in [4.78, 5) is 28.0. The number of hydrogen-bond donors (Lipinski definition) is 3. The molecule has 8 heteroatoms. The summed E-state index contributed by atoms with van der Waals surface area (Å²) in [5.41, 5.74) is 1.59. The maximum absolute atomic E-state index is 12.5. The molecule has 1 aromatic carbocycles. The van der Waals surface area contributed by atoms with Gasteiger partial charge in [-0.3, -0.25) is 14.3 Å². The summed E-state index contributed by atoms with van der Waals surface area (Å²) in [6.07, 6.45) is 3.77. The van der Waals surface area contributed by atoms with Crippen LogP contribution in [0.15, 0.2) is 47.5 Å². The van der Waals surface area contributed by atoms with Crippen LogP contribution in [-0.4, -0.2) is 37.3 Å². The zero-order valence-corrected chi connectivity index (χ0v) is 16.1. The van der Waals surface area contributed by atoms with Crippen molar-refractivity contribution in [2.24, 2.45) is 7.05 Å². The lowest BCUT2D eigenvalue weighted by Gasteiger charge is -2.18. The highest BCUT2D eigenvalue weighted by atomic mass is 16.3. The van der Waals surface area contributed by atoms with Gasteiger partial charge in [-0.1, -0.05) is 12.1 Å². The number of carbonyl (C=O) groups excluding carboxylic acids is 1. The van der Waals surface area contributed by atoms with E-state index in [2.05, 4.69) is 20.5 Å². The first-order valence-electron chi connectivity index (χ1n) is 8.92. The number of rotatable bonds is 6. The molecule has 3 aromatic rings. The summed E-state index contributed by atoms with van der Waals surface area (Å²) in [5, 5.41) is 19.3. The summed E-state index contributed by atoms with van der Waals surface area (Å²) < 4.78 is 1.41. The molecule has 3 N–H and O–H groups in total. The Morgan fingerprint density at radius 1 is 1.25 bits per heavy atom. The predicted octanol–water partition coefficient (Wildman–Crippen LogP) is 1.37. The highest BCUT2D eigenvalue weighted by Crippen LogP contribution is 2.25. The molecule has 0 atom stereocenters. The second-order valence-electron chi connectivity index (χ2n) is 7.11. The Bertz CT molecular complexity index is 1050. The van der Waals surface area contributed by atoms with Crippen molar-refractivity contribution < 1.29 is 9.90 Å². The number of aromatic nitrogens is 4. The monoisotopic (exact) mass is 381 g/mol. The number of benzene rings is 1. The molecule has 0 aliphatic carbocycles. The summed E-state index contributed by atoms with van der Waals surface area (Å²) in [6, 6.07) is 9.07. The Morgan fingerprint density at radius 2 is 2.04 bits per heavy atom. The van der Waals surface area contributed by atoms with Crippen molar-refractivity contribution in [3.05, 3.63) is 70.2 Å². The molecule has 0 aliphatic heterocycles. The molecule has 0 unspecified atom stereocenters. The molecule has 8 nitrogen and oxygen atoms in total. The van der Waals surface area contributed by atoms with E-state index < -0.39 is 5.60 Å². The fourth-order valence-electron chi connectivity index (χ4n) is 2.77. The Balaban J connectivity index is 1.71. The molecular weight excluding hydrogens is 358 g/mol. The van der Waals surface area contributed by atoms with E-state index in [4.69, 9.17) is 0 Å². The summed E-state index contributed by atoms with van der Waals surface area (Å²) in [5.74, 6) is 0.363. The fraction of sp³-hybridized carbons (Fsp3) is 0.300. The van der Waals surface area contributed by atoms with Gasteiger partial charge in [-0.15, -0.1) is 0 Å². The van der Waals surface area contributed by atoms with Crippen LogP contribution in [0.2, 0.25) is 0 Å². The predicted molar refractivity (Wildman–Crippen MR) is 105 cm³/mol. The first-order valence-corrected chi connectivity index (χ1v) is 8.92. The minimum Gasteiger partial charge on any atom is -0.386 e. The zero-order chi connectivity index (χ0) is 20.3. The quantitative estimate of drug-likeness (QED) is 0.597. The van der Waals surface area contributed by atoms with Gasteiger partial charge in [0.2, 0.25) is 0 Å². The van der Waals surface area contributed by atoms with Crippen LogP contribution in [0.4, 0.5) is 0 Å². The maximum Gasteiger partial charge on any atom is 0.343 e. The fourth-order valence-corrected chi connectivity index (χ4v) is 2.77. The first kappa shape index (κ1) is 19.5. The Kier molecular flexibility index (Phi) is 5.41. The largest absolute Gasteiger partial charge is 0.386 e. The van der Waals surface area contributed by atoms with Crippen molar-refractivity contribution >= 4 is 5.91 Å². The van der Waals surface area contributed by atoms with Crippen molar-refractivity contribution in [3.8, 4) is 11.1 Å². The van der Waals surface area contributed by atoms with Crippen LogP contribution in [0, 0.1) is 0 Å². The number of pyridine rings is 1. The van der Waals surface area contributed by atoms with Crippen LogP contribution in [0.5, 0.6) is 0 Å². The second kappa shape index (κ2) is 7.77. The number of carbonyl (C=O) groups is 1. The third-order valence-electron chi connectivity index (χ3n) is 4.51. The summed E-state index contributed by atoms with van der Waals surface area (Å²) in [6.45, 7) is 3.76. The van der Waals surface area contributed by atoms with Gasteiger partial charge in [0.15, 0.2) is 0 Å². The molecule has 0 saturated carbocycles. The van der Waals surface area contributed by atoms with E-state index in [0.29, 0.717) is 29.9 Å². The molecular formula is C20H23N5O3. The third-order valence-corrected chi connectivity index (χ3v) is 4.51. The number of nitrogens with one attached hydrogen (secondary N) is 2. The van der Waals surface area contributed by atoms with Crippen LogP contribution in [0.1, 0.15) is 35.6 Å². The van der Waals surface area contributed by atoms with Crippen molar-refractivity contribution in [2.75, 3.05) is 6.54 Å². The first-order chi connectivity index (χ1) is 13.3. The standard InChI is InChI=1S/C20H23N5O3/c1-20(2,28)16-10-15(11-21-12-16)13-5-4-6-14(9-13)18(26)22-8-7-17-23-24-19(27)25(17)3/h4-6,9-12,28H,7-8H2,1-3H3,(H,22,26)(H,24,27). The van der Waals surface area contributed by atoms with Crippen LogP contribution in [0.3, 0.4) is 0 Å². The van der Waals surface area contributed by atoms with Gasteiger partial charge in [-0.2, -0.15) is 5.10 Å². The molecule has 0 radical (unpaired) electrons. The molecule has 28 heavy (non-hydrogen) atoms.